The maximum absolute atomic E-state index is 12.9. The number of hydrogen-bond donors (Lipinski definition) is 2. The first-order valence-corrected chi connectivity index (χ1v) is 5.22. The van der Waals surface area contributed by atoms with Gasteiger partial charge in [-0.15, -0.1) is 12.4 Å². The van der Waals surface area contributed by atoms with Crippen LogP contribution < -0.4 is 11.1 Å². The van der Waals surface area contributed by atoms with Crippen LogP contribution in [0.2, 0.25) is 0 Å². The van der Waals surface area contributed by atoms with Crippen molar-refractivity contribution in [3.8, 4) is 0 Å². The van der Waals surface area contributed by atoms with E-state index in [-0.39, 0.29) is 18.0 Å². The molecular formula is C10H16ClF2N3O2. The fraction of sp³-hybridized carbons (Fsp3) is 0.600. The van der Waals surface area contributed by atoms with E-state index in [2.05, 4.69) is 10.5 Å². The number of nitrogens with zero attached hydrogens (tertiary/aromatic N) is 1. The molecule has 0 aliphatic heterocycles. The van der Waals surface area contributed by atoms with E-state index in [0.717, 1.165) is 0 Å². The summed E-state index contributed by atoms with van der Waals surface area (Å²) < 4.78 is 30.6. The lowest BCUT2D eigenvalue weighted by molar-refractivity contribution is 0.0118. The van der Waals surface area contributed by atoms with Crippen molar-refractivity contribution in [3.05, 3.63) is 17.0 Å². The first kappa shape index (κ1) is 16.8. The molecule has 0 unspecified atom stereocenters. The van der Waals surface area contributed by atoms with Crippen LogP contribution in [0.15, 0.2) is 4.52 Å². The maximum Gasteiger partial charge on any atom is 0.277 e. The molecule has 0 bridgehead atoms. The molecule has 0 aliphatic rings. The average Bonchev–Trinajstić information content (AvgIpc) is 2.67. The second kappa shape index (κ2) is 6.65. The molecule has 0 aliphatic carbocycles. The van der Waals surface area contributed by atoms with E-state index in [1.54, 1.807) is 13.8 Å². The van der Waals surface area contributed by atoms with Gasteiger partial charge >= 0.3 is 0 Å². The zero-order valence-corrected chi connectivity index (χ0v) is 10.9. The second-order valence-electron chi connectivity index (χ2n) is 3.66. The Bertz CT molecular complexity index is 410. The highest BCUT2D eigenvalue weighted by molar-refractivity contribution is 5.96. The van der Waals surface area contributed by atoms with E-state index in [9.17, 15) is 13.6 Å². The number of rotatable bonds is 5. The number of carbonyl (C=O) groups is 1. The minimum atomic E-state index is -3.10. The lowest BCUT2D eigenvalue weighted by atomic mass is 10.1. The van der Waals surface area contributed by atoms with Crippen LogP contribution in [0.4, 0.5) is 8.78 Å². The molecule has 1 rings (SSSR count). The molecule has 0 spiro atoms. The van der Waals surface area contributed by atoms with Gasteiger partial charge in [-0.3, -0.25) is 4.79 Å². The van der Waals surface area contributed by atoms with Gasteiger partial charge in [0.05, 0.1) is 18.8 Å². The summed E-state index contributed by atoms with van der Waals surface area (Å²) in [4.78, 5) is 11.7. The van der Waals surface area contributed by atoms with Crippen LogP contribution in [0.1, 0.15) is 28.7 Å². The first-order chi connectivity index (χ1) is 7.91. The van der Waals surface area contributed by atoms with Crippen molar-refractivity contribution in [3.63, 3.8) is 0 Å². The van der Waals surface area contributed by atoms with Gasteiger partial charge in [-0.2, -0.15) is 0 Å². The van der Waals surface area contributed by atoms with E-state index in [1.807, 2.05) is 0 Å². The van der Waals surface area contributed by atoms with Crippen LogP contribution in [-0.2, 0) is 6.42 Å². The van der Waals surface area contributed by atoms with Crippen LogP contribution in [0, 0.1) is 6.92 Å². The highest BCUT2D eigenvalue weighted by Gasteiger charge is 2.28. The number of aromatic nitrogens is 1. The Morgan fingerprint density at radius 1 is 1.56 bits per heavy atom. The standard InChI is InChI=1S/C10H15F2N3O2.ClH/c1-3-7-8(6(2)15-17-7)9(16)14-5-10(11,12)4-13;/h3-5,13H2,1-2H3,(H,14,16);1H. The molecule has 104 valence electrons. The molecule has 0 saturated heterocycles. The van der Waals surface area contributed by atoms with Gasteiger partial charge < -0.3 is 15.6 Å². The van der Waals surface area contributed by atoms with Crippen molar-refractivity contribution >= 4 is 18.3 Å². The molecule has 1 amide bonds. The second-order valence-corrected chi connectivity index (χ2v) is 3.66. The number of halogens is 3. The van der Waals surface area contributed by atoms with Crippen LogP contribution in [0.5, 0.6) is 0 Å². The number of carbonyl (C=O) groups excluding carboxylic acids is 1. The quantitative estimate of drug-likeness (QED) is 0.853. The summed E-state index contributed by atoms with van der Waals surface area (Å²) in [6.07, 6.45) is 0.469. The minimum absolute atomic E-state index is 0. The lowest BCUT2D eigenvalue weighted by Crippen LogP contribution is -2.41. The molecule has 0 atom stereocenters. The molecule has 18 heavy (non-hydrogen) atoms. The van der Waals surface area contributed by atoms with Gasteiger partial charge in [0.15, 0.2) is 0 Å². The number of hydrogen-bond acceptors (Lipinski definition) is 4. The third-order valence-electron chi connectivity index (χ3n) is 2.29. The predicted molar refractivity (Wildman–Crippen MR) is 64.2 cm³/mol. The molecule has 3 N–H and O–H groups in total. The number of alkyl halides is 2. The van der Waals surface area contributed by atoms with Gasteiger partial charge in [0, 0.05) is 6.42 Å². The molecule has 1 heterocycles. The molecule has 1 aromatic heterocycles. The Morgan fingerprint density at radius 3 is 2.67 bits per heavy atom. The molecule has 8 heteroatoms. The monoisotopic (exact) mass is 283 g/mol. The van der Waals surface area contributed by atoms with E-state index >= 15 is 0 Å². The number of nitrogens with two attached hydrogens (primary N) is 1. The Hall–Kier alpha value is -1.21. The smallest absolute Gasteiger partial charge is 0.277 e. The summed E-state index contributed by atoms with van der Waals surface area (Å²) in [5.74, 6) is -3.34. The summed E-state index contributed by atoms with van der Waals surface area (Å²) in [6.45, 7) is 1.76. The molecule has 5 nitrogen and oxygen atoms in total. The Balaban J connectivity index is 0.00000289. The highest BCUT2D eigenvalue weighted by atomic mass is 35.5. The largest absolute Gasteiger partial charge is 0.360 e. The first-order valence-electron chi connectivity index (χ1n) is 5.22. The van der Waals surface area contributed by atoms with Gasteiger partial charge in [-0.1, -0.05) is 12.1 Å². The molecule has 1 aromatic rings. The predicted octanol–water partition coefficient (Wildman–Crippen LogP) is 1.29. The molecule has 0 aromatic carbocycles. The van der Waals surface area contributed by atoms with Crippen LogP contribution in [0.3, 0.4) is 0 Å². The number of aryl methyl sites for hydroxylation is 2. The SMILES string of the molecule is CCc1onc(C)c1C(=O)NCC(F)(F)CN.Cl. The van der Waals surface area contributed by atoms with Crippen LogP contribution in [0.25, 0.3) is 0 Å². The lowest BCUT2D eigenvalue weighted by Gasteiger charge is -2.14. The van der Waals surface area contributed by atoms with Crippen molar-refractivity contribution in [1.82, 2.24) is 10.5 Å². The van der Waals surface area contributed by atoms with Crippen molar-refractivity contribution < 1.29 is 18.1 Å². The molecular weight excluding hydrogens is 268 g/mol. The van der Waals surface area contributed by atoms with E-state index < -0.39 is 24.9 Å². The van der Waals surface area contributed by atoms with Gasteiger partial charge in [-0.05, 0) is 6.92 Å². The van der Waals surface area contributed by atoms with Gasteiger partial charge in [-0.25, -0.2) is 8.78 Å². The van der Waals surface area contributed by atoms with E-state index in [0.29, 0.717) is 17.9 Å². The van der Waals surface area contributed by atoms with Gasteiger partial charge in [0.2, 0.25) is 0 Å². The zero-order valence-electron chi connectivity index (χ0n) is 10.1. The summed E-state index contributed by atoms with van der Waals surface area (Å²) in [5.41, 5.74) is 5.47. The van der Waals surface area contributed by atoms with Gasteiger partial charge in [0.25, 0.3) is 11.8 Å². The van der Waals surface area contributed by atoms with Crippen molar-refractivity contribution in [1.29, 1.82) is 0 Å². The van der Waals surface area contributed by atoms with E-state index in [1.165, 1.54) is 0 Å². The number of nitrogens with one attached hydrogen (secondary N) is 1. The van der Waals surface area contributed by atoms with Crippen LogP contribution in [-0.4, -0.2) is 30.1 Å². The van der Waals surface area contributed by atoms with Crippen molar-refractivity contribution in [2.75, 3.05) is 13.1 Å². The maximum atomic E-state index is 12.9. The van der Waals surface area contributed by atoms with Crippen molar-refractivity contribution in [2.45, 2.75) is 26.2 Å². The Morgan fingerprint density at radius 2 is 2.17 bits per heavy atom. The molecule has 0 radical (unpaired) electrons. The fourth-order valence-electron chi connectivity index (χ4n) is 1.32. The summed E-state index contributed by atoms with van der Waals surface area (Å²) in [6, 6.07) is 0. The minimum Gasteiger partial charge on any atom is -0.360 e. The highest BCUT2D eigenvalue weighted by Crippen LogP contribution is 2.15. The fourth-order valence-corrected chi connectivity index (χ4v) is 1.32. The van der Waals surface area contributed by atoms with Crippen molar-refractivity contribution in [2.24, 2.45) is 5.73 Å². The third-order valence-corrected chi connectivity index (χ3v) is 2.29. The summed E-state index contributed by atoms with van der Waals surface area (Å²) in [5, 5.41) is 5.75. The molecule has 0 saturated carbocycles. The Labute approximate surface area is 109 Å². The Kier molecular flexibility index (Phi) is 6.20. The van der Waals surface area contributed by atoms with Gasteiger partial charge in [0.1, 0.15) is 11.3 Å². The zero-order chi connectivity index (χ0) is 13.1. The normalized spacial score (nSPS) is 10.9. The number of amides is 1. The van der Waals surface area contributed by atoms with E-state index in [4.69, 9.17) is 10.3 Å². The molecule has 0 fully saturated rings. The van der Waals surface area contributed by atoms with Crippen LogP contribution >= 0.6 is 12.4 Å². The summed E-state index contributed by atoms with van der Waals surface area (Å²) in [7, 11) is 0. The third kappa shape index (κ3) is 3.92. The topological polar surface area (TPSA) is 81.2 Å². The average molecular weight is 284 g/mol. The summed E-state index contributed by atoms with van der Waals surface area (Å²) >= 11 is 0.